The van der Waals surface area contributed by atoms with Crippen LogP contribution in [-0.2, 0) is 0 Å². The number of anilines is 3. The van der Waals surface area contributed by atoms with Crippen molar-refractivity contribution in [1.82, 2.24) is 29.6 Å². The van der Waals surface area contributed by atoms with E-state index < -0.39 is 0 Å². The highest BCUT2D eigenvalue weighted by molar-refractivity contribution is 5.90. The van der Waals surface area contributed by atoms with Gasteiger partial charge in [-0.2, -0.15) is 5.10 Å². The lowest BCUT2D eigenvalue weighted by Gasteiger charge is -2.34. The number of likely N-dealkylation sites (N-methyl/N-ethyl adjacent to an activating group) is 1. The fourth-order valence-corrected chi connectivity index (χ4v) is 4.11. The van der Waals surface area contributed by atoms with Crippen LogP contribution in [-0.4, -0.2) is 62.9 Å². The number of benzene rings is 1. The molecule has 1 aliphatic rings. The number of fused-ring (bicyclic) bond motifs is 1. The van der Waals surface area contributed by atoms with Gasteiger partial charge in [0, 0.05) is 61.7 Å². The lowest BCUT2D eigenvalue weighted by Crippen LogP contribution is -2.44. The Morgan fingerprint density at radius 3 is 2.35 bits per heavy atom. The largest absolute Gasteiger partial charge is 0.369 e. The van der Waals surface area contributed by atoms with Gasteiger partial charge in [0.25, 0.3) is 5.56 Å². The predicted molar refractivity (Wildman–Crippen MR) is 135 cm³/mol. The van der Waals surface area contributed by atoms with E-state index in [-0.39, 0.29) is 11.6 Å². The molecule has 1 aliphatic heterocycles. The fourth-order valence-electron chi connectivity index (χ4n) is 4.11. The van der Waals surface area contributed by atoms with Crippen molar-refractivity contribution in [3.63, 3.8) is 0 Å². The van der Waals surface area contributed by atoms with Gasteiger partial charge in [0.15, 0.2) is 0 Å². The van der Waals surface area contributed by atoms with Crippen molar-refractivity contribution < 1.29 is 0 Å². The SMILES string of the molecule is CC(C)n1nc(-c2ccncc2)c2nc(Nc3ccc(N4CCN(C)CC4)cc3)ncc2c1=O. The van der Waals surface area contributed by atoms with E-state index in [9.17, 15) is 4.79 Å². The summed E-state index contributed by atoms with van der Waals surface area (Å²) in [6.07, 6.45) is 4.99. The molecule has 0 atom stereocenters. The Balaban J connectivity index is 1.48. The summed E-state index contributed by atoms with van der Waals surface area (Å²) in [5.41, 5.74) is 3.87. The summed E-state index contributed by atoms with van der Waals surface area (Å²) in [4.78, 5) is 31.0. The molecule has 0 unspecified atom stereocenters. The zero-order valence-electron chi connectivity index (χ0n) is 19.6. The van der Waals surface area contributed by atoms with Crippen LogP contribution in [0.25, 0.3) is 22.2 Å². The monoisotopic (exact) mass is 456 g/mol. The van der Waals surface area contributed by atoms with E-state index >= 15 is 0 Å². The average Bonchev–Trinajstić information content (AvgIpc) is 2.86. The van der Waals surface area contributed by atoms with E-state index in [1.54, 1.807) is 18.6 Å². The van der Waals surface area contributed by atoms with Gasteiger partial charge in [-0.15, -0.1) is 0 Å². The smallest absolute Gasteiger partial charge is 0.278 e. The molecule has 1 aromatic carbocycles. The van der Waals surface area contributed by atoms with Gasteiger partial charge in [-0.05, 0) is 57.3 Å². The second-order valence-corrected chi connectivity index (χ2v) is 8.85. The standard InChI is InChI=1S/C25H28N8O/c1-17(2)33-24(34)21-16-27-25(29-23(21)22(30-33)18-8-10-26-11-9-18)28-19-4-6-20(7-5-19)32-14-12-31(3)13-15-32/h4-11,16-17H,12-15H2,1-3H3,(H,27,28,29). The number of rotatable bonds is 5. The van der Waals surface area contributed by atoms with Gasteiger partial charge in [0.1, 0.15) is 11.2 Å². The number of piperazine rings is 1. The Labute approximate surface area is 198 Å². The summed E-state index contributed by atoms with van der Waals surface area (Å²) >= 11 is 0. The van der Waals surface area contributed by atoms with Gasteiger partial charge < -0.3 is 15.1 Å². The first-order valence-corrected chi connectivity index (χ1v) is 11.5. The maximum Gasteiger partial charge on any atom is 0.278 e. The lowest BCUT2D eigenvalue weighted by atomic mass is 10.1. The Morgan fingerprint density at radius 2 is 1.68 bits per heavy atom. The molecule has 3 aromatic heterocycles. The third-order valence-corrected chi connectivity index (χ3v) is 6.09. The first kappa shape index (κ1) is 22.0. The number of nitrogens with one attached hydrogen (secondary N) is 1. The summed E-state index contributed by atoms with van der Waals surface area (Å²) < 4.78 is 1.48. The van der Waals surface area contributed by atoms with E-state index in [0.29, 0.717) is 22.5 Å². The maximum atomic E-state index is 13.0. The normalized spacial score (nSPS) is 14.6. The molecule has 0 aliphatic carbocycles. The zero-order chi connectivity index (χ0) is 23.7. The highest BCUT2D eigenvalue weighted by Crippen LogP contribution is 2.25. The third kappa shape index (κ3) is 4.34. The Hall–Kier alpha value is -3.85. The summed E-state index contributed by atoms with van der Waals surface area (Å²) in [7, 11) is 2.15. The van der Waals surface area contributed by atoms with Crippen LogP contribution in [0.15, 0.2) is 59.8 Å². The van der Waals surface area contributed by atoms with E-state index in [2.05, 4.69) is 49.4 Å². The van der Waals surface area contributed by atoms with Crippen LogP contribution in [0.5, 0.6) is 0 Å². The van der Waals surface area contributed by atoms with Gasteiger partial charge in [-0.25, -0.2) is 14.6 Å². The van der Waals surface area contributed by atoms with E-state index in [4.69, 9.17) is 4.98 Å². The Morgan fingerprint density at radius 1 is 0.971 bits per heavy atom. The van der Waals surface area contributed by atoms with Crippen molar-refractivity contribution in [3.8, 4) is 11.3 Å². The van der Waals surface area contributed by atoms with Crippen molar-refractivity contribution in [2.24, 2.45) is 0 Å². The molecule has 34 heavy (non-hydrogen) atoms. The number of nitrogens with zero attached hydrogens (tertiary/aromatic N) is 7. The lowest BCUT2D eigenvalue weighted by molar-refractivity contribution is 0.313. The Bertz CT molecular complexity index is 1340. The highest BCUT2D eigenvalue weighted by Gasteiger charge is 2.17. The van der Waals surface area contributed by atoms with Gasteiger partial charge in [-0.3, -0.25) is 9.78 Å². The summed E-state index contributed by atoms with van der Waals surface area (Å²) in [6.45, 7) is 8.04. The minimum absolute atomic E-state index is 0.0888. The first-order chi connectivity index (χ1) is 16.5. The van der Waals surface area contributed by atoms with Crippen LogP contribution in [0, 0.1) is 0 Å². The molecule has 9 nitrogen and oxygen atoms in total. The molecule has 0 bridgehead atoms. The van der Waals surface area contributed by atoms with Crippen LogP contribution < -0.4 is 15.8 Å². The minimum atomic E-state index is -0.203. The van der Waals surface area contributed by atoms with Gasteiger partial charge in [-0.1, -0.05) is 0 Å². The predicted octanol–water partition coefficient (Wildman–Crippen LogP) is 3.32. The molecule has 4 heterocycles. The Kier molecular flexibility index (Phi) is 5.93. The minimum Gasteiger partial charge on any atom is -0.369 e. The molecule has 4 aromatic rings. The van der Waals surface area contributed by atoms with E-state index in [1.807, 2.05) is 38.1 Å². The summed E-state index contributed by atoms with van der Waals surface area (Å²) in [6, 6.07) is 11.9. The molecule has 0 amide bonds. The molecule has 1 fully saturated rings. The van der Waals surface area contributed by atoms with E-state index in [1.165, 1.54) is 10.4 Å². The van der Waals surface area contributed by atoms with Crippen molar-refractivity contribution in [2.45, 2.75) is 19.9 Å². The van der Waals surface area contributed by atoms with Crippen LogP contribution in [0.4, 0.5) is 17.3 Å². The second-order valence-electron chi connectivity index (χ2n) is 8.85. The topological polar surface area (TPSA) is 92.1 Å². The van der Waals surface area contributed by atoms with Crippen LogP contribution in [0.3, 0.4) is 0 Å². The number of aromatic nitrogens is 5. The molecule has 0 saturated carbocycles. The highest BCUT2D eigenvalue weighted by atomic mass is 16.1. The van der Waals surface area contributed by atoms with Crippen molar-refractivity contribution in [3.05, 3.63) is 65.3 Å². The van der Waals surface area contributed by atoms with Crippen LogP contribution >= 0.6 is 0 Å². The molecule has 0 spiro atoms. The molecular formula is C25H28N8O. The average molecular weight is 457 g/mol. The summed E-state index contributed by atoms with van der Waals surface area (Å²) in [5.74, 6) is 0.415. The number of pyridine rings is 1. The van der Waals surface area contributed by atoms with Crippen LogP contribution in [0.1, 0.15) is 19.9 Å². The molecule has 1 N–H and O–H groups in total. The van der Waals surface area contributed by atoms with Crippen LogP contribution in [0.2, 0.25) is 0 Å². The molecular weight excluding hydrogens is 428 g/mol. The van der Waals surface area contributed by atoms with Crippen molar-refractivity contribution in [2.75, 3.05) is 43.4 Å². The maximum absolute atomic E-state index is 13.0. The number of hydrogen-bond acceptors (Lipinski definition) is 8. The van der Waals surface area contributed by atoms with Gasteiger partial charge in [0.2, 0.25) is 5.95 Å². The van der Waals surface area contributed by atoms with Crippen molar-refractivity contribution >= 4 is 28.2 Å². The molecule has 0 radical (unpaired) electrons. The van der Waals surface area contributed by atoms with Gasteiger partial charge in [0.05, 0.1) is 11.4 Å². The van der Waals surface area contributed by atoms with E-state index in [0.717, 1.165) is 37.4 Å². The molecule has 174 valence electrons. The number of hydrogen-bond donors (Lipinski definition) is 1. The summed E-state index contributed by atoms with van der Waals surface area (Å²) in [5, 5.41) is 8.34. The van der Waals surface area contributed by atoms with Crippen molar-refractivity contribution in [1.29, 1.82) is 0 Å². The molecule has 9 heteroatoms. The third-order valence-electron chi connectivity index (χ3n) is 6.09. The fraction of sp³-hybridized carbons (Fsp3) is 0.320. The second kappa shape index (κ2) is 9.18. The first-order valence-electron chi connectivity index (χ1n) is 11.5. The quantitative estimate of drug-likeness (QED) is 0.489. The zero-order valence-corrected chi connectivity index (χ0v) is 19.6. The van der Waals surface area contributed by atoms with Gasteiger partial charge >= 0.3 is 0 Å². The molecule has 1 saturated heterocycles. The molecule has 5 rings (SSSR count).